The molecule has 1 aromatic rings. The zero-order valence-corrected chi connectivity index (χ0v) is 25.2. The second-order valence-electron chi connectivity index (χ2n) is 11.2. The Morgan fingerprint density at radius 1 is 1.05 bits per heavy atom. The lowest BCUT2D eigenvalue weighted by Crippen LogP contribution is -2.37. The van der Waals surface area contributed by atoms with E-state index in [2.05, 4.69) is 50.2 Å². The van der Waals surface area contributed by atoms with E-state index in [1.165, 1.54) is 5.56 Å². The highest BCUT2D eigenvalue weighted by molar-refractivity contribution is 9.09. The molecule has 0 radical (unpaired) electrons. The molecule has 0 saturated carbocycles. The van der Waals surface area contributed by atoms with Gasteiger partial charge in [0.2, 0.25) is 0 Å². The molecule has 2 rings (SSSR count). The van der Waals surface area contributed by atoms with Crippen LogP contribution in [0, 0.1) is 11.3 Å². The first-order valence-corrected chi connectivity index (χ1v) is 14.3. The van der Waals surface area contributed by atoms with Crippen LogP contribution in [0.25, 0.3) is 0 Å². The Balaban J connectivity index is 0.000000897. The Bertz CT molecular complexity index is 863. The van der Waals surface area contributed by atoms with E-state index in [-0.39, 0.29) is 19.1 Å². The van der Waals surface area contributed by atoms with Gasteiger partial charge in [-0.1, -0.05) is 41.6 Å². The molecule has 1 saturated heterocycles. The van der Waals surface area contributed by atoms with Gasteiger partial charge in [0.25, 0.3) is 0 Å². The van der Waals surface area contributed by atoms with Crippen molar-refractivity contribution in [2.45, 2.75) is 91.8 Å². The Labute approximate surface area is 240 Å². The standard InChI is InChI=1S/C20H29N3O2.C9H18BrNO.CH4/c1-20(2,3)25-19(24)22-11-6-12-23-13-9-16(10-14-23)18-8-5-4-7-17(18)15-21;1-8(11-7-5-6-10)12-9(2,3)4;/h4-5,7-8,16H,6,9-14H2,1-3H3,(H,22,24);11H,1,5-7H2,2-4H3;1H4. The number of hydrogen-bond donors (Lipinski definition) is 2. The number of carbonyl (C=O) groups is 1. The smallest absolute Gasteiger partial charge is 0.407 e. The van der Waals surface area contributed by atoms with Gasteiger partial charge in [-0.25, -0.2) is 4.79 Å². The Kier molecular flexibility index (Phi) is 17.1. The minimum Gasteiger partial charge on any atom is -0.474 e. The number of nitrogens with zero attached hydrogens (tertiary/aromatic N) is 2. The van der Waals surface area contributed by atoms with Gasteiger partial charge in [0.05, 0.1) is 11.6 Å². The topological polar surface area (TPSA) is 86.6 Å². The first-order valence-electron chi connectivity index (χ1n) is 13.2. The predicted octanol–water partition coefficient (Wildman–Crippen LogP) is 6.94. The fourth-order valence-electron chi connectivity index (χ4n) is 3.93. The van der Waals surface area contributed by atoms with E-state index in [9.17, 15) is 10.1 Å². The average molecular weight is 596 g/mol. The van der Waals surface area contributed by atoms with E-state index in [4.69, 9.17) is 9.47 Å². The number of nitrogens with one attached hydrogen (secondary N) is 2. The number of alkyl carbamates (subject to hydrolysis) is 1. The second kappa shape index (κ2) is 18.1. The number of piperidine rings is 1. The first kappa shape index (κ1) is 35.8. The van der Waals surface area contributed by atoms with Crippen LogP contribution in [0.2, 0.25) is 0 Å². The quantitative estimate of drug-likeness (QED) is 0.173. The van der Waals surface area contributed by atoms with E-state index in [0.29, 0.717) is 18.3 Å². The number of alkyl halides is 1. The van der Waals surface area contributed by atoms with Gasteiger partial charge in [0.15, 0.2) is 5.88 Å². The van der Waals surface area contributed by atoms with Crippen LogP contribution in [0.15, 0.2) is 36.7 Å². The van der Waals surface area contributed by atoms with Crippen LogP contribution < -0.4 is 10.6 Å². The van der Waals surface area contributed by atoms with E-state index in [0.717, 1.165) is 62.8 Å². The molecule has 2 N–H and O–H groups in total. The lowest BCUT2D eigenvalue weighted by Gasteiger charge is -2.32. The molecule has 38 heavy (non-hydrogen) atoms. The summed E-state index contributed by atoms with van der Waals surface area (Å²) in [5.41, 5.74) is 1.39. The maximum Gasteiger partial charge on any atom is 0.407 e. The third-order valence-corrected chi connectivity index (χ3v) is 6.05. The molecular formula is C30H51BrN4O3. The molecule has 0 aromatic heterocycles. The summed E-state index contributed by atoms with van der Waals surface area (Å²) in [6.07, 6.45) is 3.81. The summed E-state index contributed by atoms with van der Waals surface area (Å²) in [6, 6.07) is 10.2. The average Bonchev–Trinajstić information content (AvgIpc) is 2.80. The molecule has 8 heteroatoms. The summed E-state index contributed by atoms with van der Waals surface area (Å²) in [5, 5.41) is 16.2. The highest BCUT2D eigenvalue weighted by Crippen LogP contribution is 2.30. The molecule has 0 atom stereocenters. The van der Waals surface area contributed by atoms with Crippen LogP contribution in [0.1, 0.15) is 91.7 Å². The van der Waals surface area contributed by atoms with E-state index in [1.807, 2.05) is 59.7 Å². The fourth-order valence-corrected chi connectivity index (χ4v) is 4.21. The minimum atomic E-state index is -0.453. The highest BCUT2D eigenvalue weighted by Gasteiger charge is 2.22. The van der Waals surface area contributed by atoms with Crippen molar-refractivity contribution >= 4 is 22.0 Å². The normalized spacial score (nSPS) is 14.2. The molecule has 1 heterocycles. The third-order valence-electron chi connectivity index (χ3n) is 5.49. The molecule has 1 aliphatic heterocycles. The number of hydrogen-bond acceptors (Lipinski definition) is 6. The number of ether oxygens (including phenoxy) is 2. The van der Waals surface area contributed by atoms with Crippen molar-refractivity contribution in [3.63, 3.8) is 0 Å². The van der Waals surface area contributed by atoms with Crippen molar-refractivity contribution < 1.29 is 14.3 Å². The number of carbonyl (C=O) groups excluding carboxylic acids is 1. The third kappa shape index (κ3) is 16.6. The van der Waals surface area contributed by atoms with Gasteiger partial charge < -0.3 is 25.0 Å². The molecule has 216 valence electrons. The maximum atomic E-state index is 11.6. The van der Waals surface area contributed by atoms with Crippen LogP contribution in [0.4, 0.5) is 4.79 Å². The van der Waals surface area contributed by atoms with Crippen molar-refractivity contribution in [2.75, 3.05) is 38.1 Å². The fraction of sp³-hybridized carbons (Fsp3) is 0.667. The van der Waals surface area contributed by atoms with Crippen molar-refractivity contribution in [1.82, 2.24) is 15.5 Å². The summed E-state index contributed by atoms with van der Waals surface area (Å²) < 4.78 is 10.7. The number of rotatable bonds is 10. The summed E-state index contributed by atoms with van der Waals surface area (Å²) in [6.45, 7) is 19.9. The Hall–Kier alpha value is -2.24. The largest absolute Gasteiger partial charge is 0.474 e. The lowest BCUT2D eigenvalue weighted by atomic mass is 9.87. The summed E-state index contributed by atoms with van der Waals surface area (Å²) in [5.74, 6) is 1.13. The maximum absolute atomic E-state index is 11.6. The number of nitriles is 1. The van der Waals surface area contributed by atoms with E-state index in [1.54, 1.807) is 0 Å². The Morgan fingerprint density at radius 2 is 1.63 bits per heavy atom. The number of halogens is 1. The van der Waals surface area contributed by atoms with Crippen LogP contribution in [-0.2, 0) is 9.47 Å². The van der Waals surface area contributed by atoms with Gasteiger partial charge in [-0.3, -0.25) is 0 Å². The van der Waals surface area contributed by atoms with Crippen molar-refractivity contribution in [3.05, 3.63) is 47.9 Å². The molecule has 1 aromatic carbocycles. The molecule has 1 fully saturated rings. The van der Waals surface area contributed by atoms with Gasteiger partial charge in [-0.05, 0) is 111 Å². The number of amides is 1. The second-order valence-corrected chi connectivity index (χ2v) is 12.0. The number of likely N-dealkylation sites (tertiary alicyclic amines) is 1. The van der Waals surface area contributed by atoms with Crippen LogP contribution >= 0.6 is 15.9 Å². The Morgan fingerprint density at radius 3 is 2.18 bits per heavy atom. The first-order chi connectivity index (χ1) is 17.3. The molecule has 0 spiro atoms. The molecule has 1 amide bonds. The van der Waals surface area contributed by atoms with Crippen LogP contribution in [0.5, 0.6) is 0 Å². The van der Waals surface area contributed by atoms with Crippen LogP contribution in [0.3, 0.4) is 0 Å². The van der Waals surface area contributed by atoms with Gasteiger partial charge >= 0.3 is 6.09 Å². The van der Waals surface area contributed by atoms with Crippen molar-refractivity contribution in [1.29, 1.82) is 5.26 Å². The van der Waals surface area contributed by atoms with Crippen LogP contribution in [-0.4, -0.2) is 60.2 Å². The SMILES string of the molecule is C.C=C(NCCCBr)OC(C)(C)C.CC(C)(C)OC(=O)NCCCN1CCC(c2ccccc2C#N)CC1. The van der Waals surface area contributed by atoms with Gasteiger partial charge in [-0.15, -0.1) is 0 Å². The summed E-state index contributed by atoms with van der Waals surface area (Å²) in [4.78, 5) is 14.0. The van der Waals surface area contributed by atoms with Crippen molar-refractivity contribution in [3.8, 4) is 6.07 Å². The monoisotopic (exact) mass is 594 g/mol. The zero-order chi connectivity index (χ0) is 27.9. The predicted molar refractivity (Wildman–Crippen MR) is 162 cm³/mol. The van der Waals surface area contributed by atoms with E-state index < -0.39 is 5.60 Å². The molecule has 1 aliphatic rings. The number of benzene rings is 1. The van der Waals surface area contributed by atoms with E-state index >= 15 is 0 Å². The lowest BCUT2D eigenvalue weighted by molar-refractivity contribution is 0.0416. The molecule has 0 bridgehead atoms. The van der Waals surface area contributed by atoms with Gasteiger partial charge in [0, 0.05) is 18.4 Å². The van der Waals surface area contributed by atoms with Gasteiger partial charge in [0.1, 0.15) is 11.2 Å². The highest BCUT2D eigenvalue weighted by atomic mass is 79.9. The van der Waals surface area contributed by atoms with Crippen molar-refractivity contribution in [2.24, 2.45) is 0 Å². The van der Waals surface area contributed by atoms with Gasteiger partial charge in [-0.2, -0.15) is 5.26 Å². The minimum absolute atomic E-state index is 0. The summed E-state index contributed by atoms with van der Waals surface area (Å²) >= 11 is 3.35. The molecule has 0 unspecified atom stereocenters. The summed E-state index contributed by atoms with van der Waals surface area (Å²) in [7, 11) is 0. The molecule has 0 aliphatic carbocycles. The molecule has 7 nitrogen and oxygen atoms in total. The zero-order valence-electron chi connectivity index (χ0n) is 23.7. The molecular weight excluding hydrogens is 544 g/mol.